The van der Waals surface area contributed by atoms with Crippen molar-refractivity contribution in [3.63, 3.8) is 0 Å². The third-order valence-electron chi connectivity index (χ3n) is 7.85. The second-order valence-electron chi connectivity index (χ2n) is 10.7. The van der Waals surface area contributed by atoms with E-state index in [2.05, 4.69) is 22.8 Å². The number of amides is 1. The van der Waals surface area contributed by atoms with Crippen molar-refractivity contribution in [2.75, 3.05) is 56.6 Å². The maximum atomic E-state index is 13.2. The Balaban J connectivity index is 1.22. The van der Waals surface area contributed by atoms with E-state index in [1.54, 1.807) is 16.2 Å². The number of benzene rings is 1. The Morgan fingerprint density at radius 1 is 1.17 bits per heavy atom. The summed E-state index contributed by atoms with van der Waals surface area (Å²) in [6.45, 7) is 6.42. The fourth-order valence-electron chi connectivity index (χ4n) is 5.34. The number of fused-ring (bicyclic) bond motifs is 1. The number of likely N-dealkylation sites (tertiary alicyclic amines) is 1. The van der Waals surface area contributed by atoms with Gasteiger partial charge in [-0.2, -0.15) is 9.78 Å². The summed E-state index contributed by atoms with van der Waals surface area (Å²) in [6.07, 6.45) is 0.769. The molecule has 5 heterocycles. The van der Waals surface area contributed by atoms with Crippen molar-refractivity contribution in [3.05, 3.63) is 40.4 Å². The molecule has 3 aromatic heterocycles. The van der Waals surface area contributed by atoms with E-state index in [9.17, 15) is 14.4 Å². The van der Waals surface area contributed by atoms with Crippen LogP contribution in [-0.2, 0) is 11.2 Å². The molecule has 0 aliphatic carbocycles. The Bertz CT molecular complexity index is 1620. The number of likely N-dealkylation sites (N-methyl/N-ethyl adjacent to an activating group) is 1. The highest BCUT2D eigenvalue weighted by molar-refractivity contribution is 7.20. The number of carbonyl (C=O) groups is 1. The summed E-state index contributed by atoms with van der Waals surface area (Å²) in [5.74, 6) is 0.831. The van der Waals surface area contributed by atoms with Gasteiger partial charge in [0, 0.05) is 31.7 Å². The molecular weight excluding hydrogens is 562 g/mol. The van der Waals surface area contributed by atoms with Gasteiger partial charge >= 0.3 is 0 Å². The van der Waals surface area contributed by atoms with Crippen molar-refractivity contribution < 1.29 is 9.18 Å². The number of hydrogen-bond acceptors (Lipinski definition) is 10. The van der Waals surface area contributed by atoms with Gasteiger partial charge in [0.05, 0.1) is 25.3 Å². The molecule has 2 fully saturated rings. The highest BCUT2D eigenvalue weighted by atomic mass is 32.1. The van der Waals surface area contributed by atoms with Crippen molar-refractivity contribution >= 4 is 49.6 Å². The van der Waals surface area contributed by atoms with Gasteiger partial charge in [0.25, 0.3) is 0 Å². The molecule has 0 spiro atoms. The third kappa shape index (κ3) is 5.16. The lowest BCUT2D eigenvalue weighted by atomic mass is 10.1. The first-order valence-electron chi connectivity index (χ1n) is 13.7. The fraction of sp³-hybridized carbons (Fsp3) is 0.464. The molecule has 1 amide bonds. The zero-order valence-electron chi connectivity index (χ0n) is 23.5. The van der Waals surface area contributed by atoms with Gasteiger partial charge < -0.3 is 14.7 Å². The number of alkyl halides is 1. The van der Waals surface area contributed by atoms with E-state index in [0.717, 1.165) is 58.7 Å². The molecule has 13 heteroatoms. The van der Waals surface area contributed by atoms with Crippen LogP contribution in [-0.4, -0.2) is 94.3 Å². The summed E-state index contributed by atoms with van der Waals surface area (Å²) < 4.78 is 15.0. The molecule has 6 rings (SSSR count). The second-order valence-corrected chi connectivity index (χ2v) is 12.6. The summed E-state index contributed by atoms with van der Waals surface area (Å²) >= 11 is 2.91. The van der Waals surface area contributed by atoms with Crippen LogP contribution in [0.25, 0.3) is 16.2 Å². The first-order valence-corrected chi connectivity index (χ1v) is 15.4. The van der Waals surface area contributed by atoms with Crippen LogP contribution in [0.4, 0.5) is 20.5 Å². The van der Waals surface area contributed by atoms with Crippen LogP contribution >= 0.6 is 22.7 Å². The van der Waals surface area contributed by atoms with Gasteiger partial charge in [0.2, 0.25) is 16.0 Å². The summed E-state index contributed by atoms with van der Waals surface area (Å²) in [5.41, 5.74) is 3.67. The number of nitriles is 1. The lowest BCUT2D eigenvalue weighted by molar-refractivity contribution is -0.139. The first-order chi connectivity index (χ1) is 19.7. The smallest absolute Gasteiger partial charge is 0.236 e. The molecule has 0 bridgehead atoms. The maximum Gasteiger partial charge on any atom is 0.236 e. The molecule has 1 aromatic carbocycles. The van der Waals surface area contributed by atoms with Crippen LogP contribution in [0.3, 0.4) is 0 Å². The molecule has 4 aromatic rings. The van der Waals surface area contributed by atoms with Crippen LogP contribution in [0.1, 0.15) is 29.5 Å². The summed E-state index contributed by atoms with van der Waals surface area (Å²) in [5, 5.41) is 16.4. The van der Waals surface area contributed by atoms with E-state index >= 15 is 0 Å². The van der Waals surface area contributed by atoms with Crippen molar-refractivity contribution in [1.82, 2.24) is 29.4 Å². The van der Waals surface area contributed by atoms with E-state index in [1.807, 2.05) is 54.7 Å². The number of aryl methyl sites for hydroxylation is 2. The van der Waals surface area contributed by atoms with Crippen LogP contribution in [0, 0.1) is 18.3 Å². The molecule has 0 unspecified atom stereocenters. The molecule has 2 saturated heterocycles. The molecule has 0 saturated carbocycles. The molecule has 0 N–H and O–H groups in total. The molecule has 10 nitrogen and oxygen atoms in total. The van der Waals surface area contributed by atoms with E-state index in [-0.39, 0.29) is 25.0 Å². The SMILES string of the molecule is CCc1nc2sc(N3CC[C@@H](N(C)CC(=O)N4CC(F)C4)C3)nn2c1N(C)c1nc(-c2ccc(C)cc2)c(C#N)s1. The lowest BCUT2D eigenvalue weighted by Gasteiger charge is -2.36. The highest BCUT2D eigenvalue weighted by Gasteiger charge is 2.34. The van der Waals surface area contributed by atoms with Crippen molar-refractivity contribution in [2.24, 2.45) is 0 Å². The second kappa shape index (κ2) is 11.0. The summed E-state index contributed by atoms with van der Waals surface area (Å²) in [4.78, 5) is 31.5. The van der Waals surface area contributed by atoms with Gasteiger partial charge in [-0.15, -0.1) is 5.10 Å². The van der Waals surface area contributed by atoms with Gasteiger partial charge in [-0.25, -0.2) is 14.4 Å². The number of nitrogens with zero attached hydrogens (tertiary/aromatic N) is 9. The number of imidazole rings is 1. The fourth-order valence-corrected chi connectivity index (χ4v) is 7.14. The molecule has 0 radical (unpaired) electrons. The monoisotopic (exact) mass is 593 g/mol. The standard InChI is InChI=1S/C28H32FN9OS2/c1-5-21-25(35(4)26-32-24(22(12-30)40-26)18-8-6-17(2)7-9-18)38-27(31-21)41-28(33-38)36-11-10-20(15-36)34(3)16-23(39)37-13-19(29)14-37/h6-9,19-20H,5,10-11,13-16H2,1-4H3/t20-/m1/s1. The highest BCUT2D eigenvalue weighted by Crippen LogP contribution is 2.38. The minimum Gasteiger partial charge on any atom is -0.345 e. The zero-order chi connectivity index (χ0) is 28.8. The third-order valence-corrected chi connectivity index (χ3v) is 9.86. The molecule has 2 aliphatic rings. The molecule has 41 heavy (non-hydrogen) atoms. The topological polar surface area (TPSA) is 96.9 Å². The Morgan fingerprint density at radius 3 is 2.61 bits per heavy atom. The number of aromatic nitrogens is 4. The molecular formula is C28H32FN9OS2. The Morgan fingerprint density at radius 2 is 1.93 bits per heavy atom. The molecule has 2 aliphatic heterocycles. The Hall–Kier alpha value is -3.60. The van der Waals surface area contributed by atoms with E-state index in [4.69, 9.17) is 15.1 Å². The van der Waals surface area contributed by atoms with Crippen LogP contribution in [0.15, 0.2) is 24.3 Å². The Kier molecular flexibility index (Phi) is 7.39. The summed E-state index contributed by atoms with van der Waals surface area (Å²) in [6, 6.07) is 10.6. The van der Waals surface area contributed by atoms with Crippen molar-refractivity contribution in [1.29, 1.82) is 5.26 Å². The number of thiazole rings is 1. The average molecular weight is 594 g/mol. The van der Waals surface area contributed by atoms with Crippen LogP contribution in [0.5, 0.6) is 0 Å². The lowest BCUT2D eigenvalue weighted by Crippen LogP contribution is -2.54. The van der Waals surface area contributed by atoms with Gasteiger partial charge in [0.15, 0.2) is 10.9 Å². The quantitative estimate of drug-likeness (QED) is 0.301. The maximum absolute atomic E-state index is 13.2. The number of anilines is 3. The van der Waals surface area contributed by atoms with Gasteiger partial charge in [-0.1, -0.05) is 59.4 Å². The van der Waals surface area contributed by atoms with E-state index in [0.29, 0.717) is 22.2 Å². The van der Waals surface area contributed by atoms with E-state index < -0.39 is 6.17 Å². The average Bonchev–Trinajstić information content (AvgIpc) is 3.73. The predicted octanol–water partition coefficient (Wildman–Crippen LogP) is 4.12. The first kappa shape index (κ1) is 27.6. The number of rotatable bonds is 8. The van der Waals surface area contributed by atoms with Crippen molar-refractivity contribution in [2.45, 2.75) is 38.9 Å². The molecule has 1 atom stereocenters. The normalized spacial score (nSPS) is 17.4. The minimum atomic E-state index is -0.883. The zero-order valence-corrected chi connectivity index (χ0v) is 25.2. The van der Waals surface area contributed by atoms with Gasteiger partial charge in [0.1, 0.15) is 22.8 Å². The minimum absolute atomic E-state index is 0.0142. The summed E-state index contributed by atoms with van der Waals surface area (Å²) in [7, 11) is 3.91. The predicted molar refractivity (Wildman–Crippen MR) is 160 cm³/mol. The van der Waals surface area contributed by atoms with Crippen molar-refractivity contribution in [3.8, 4) is 17.3 Å². The Labute approximate surface area is 246 Å². The number of carbonyl (C=O) groups excluding carboxylic acids is 1. The van der Waals surface area contributed by atoms with Crippen LogP contribution in [0.2, 0.25) is 0 Å². The van der Waals surface area contributed by atoms with E-state index in [1.165, 1.54) is 11.3 Å². The van der Waals surface area contributed by atoms with Gasteiger partial charge in [-0.3, -0.25) is 9.69 Å². The number of hydrogen-bond donors (Lipinski definition) is 0. The number of halogens is 1. The van der Waals surface area contributed by atoms with Crippen LogP contribution < -0.4 is 9.80 Å². The largest absolute Gasteiger partial charge is 0.345 e. The van der Waals surface area contributed by atoms with Gasteiger partial charge in [-0.05, 0) is 26.8 Å². The molecule has 214 valence electrons.